The molecule has 3 nitrogen and oxygen atoms in total. The number of hydrogen-bond donors (Lipinski definition) is 1. The van der Waals surface area contributed by atoms with Gasteiger partial charge in [0.1, 0.15) is 0 Å². The first kappa shape index (κ1) is 6.22. The molecule has 9 heavy (non-hydrogen) atoms. The maximum absolute atomic E-state index is 10.2. The average molecular weight is 141 g/mol. The van der Waals surface area contributed by atoms with Crippen LogP contribution in [-0.4, -0.2) is 10.9 Å². The van der Waals surface area contributed by atoms with Crippen molar-refractivity contribution in [3.05, 3.63) is 23.0 Å². The van der Waals surface area contributed by atoms with E-state index in [1.54, 1.807) is 11.7 Å². The Kier molecular flexibility index (Phi) is 1.79. The first-order valence-corrected chi connectivity index (χ1v) is 3.19. The number of primary amides is 1. The zero-order valence-electron chi connectivity index (χ0n) is 4.57. The van der Waals surface area contributed by atoms with E-state index in [1.165, 1.54) is 17.8 Å². The van der Waals surface area contributed by atoms with Gasteiger partial charge in [-0.3, -0.25) is 9.78 Å². The smallest absolute Gasteiger partial charge is 0.227 e. The van der Waals surface area contributed by atoms with E-state index in [9.17, 15) is 4.79 Å². The number of carbonyl (C=O) groups is 1. The molecule has 4 heteroatoms. The van der Waals surface area contributed by atoms with Crippen LogP contribution in [0.3, 0.4) is 0 Å². The summed E-state index contributed by atoms with van der Waals surface area (Å²) in [5.41, 5.74) is 6.52. The molecular formula is C5H5N2OS. The second-order valence-corrected chi connectivity index (χ2v) is 2.37. The third kappa shape index (κ3) is 1.81. The minimum Gasteiger partial charge on any atom is -0.369 e. The van der Waals surface area contributed by atoms with E-state index < -0.39 is 5.91 Å². The van der Waals surface area contributed by atoms with Gasteiger partial charge in [-0.2, -0.15) is 0 Å². The van der Waals surface area contributed by atoms with Crippen LogP contribution in [-0.2, 0) is 4.79 Å². The Morgan fingerprint density at radius 1 is 1.89 bits per heavy atom. The van der Waals surface area contributed by atoms with Crippen molar-refractivity contribution >= 4 is 17.2 Å². The Labute approximate surface area is 56.5 Å². The molecule has 0 bridgehead atoms. The number of aromatic nitrogens is 1. The summed E-state index contributed by atoms with van der Waals surface area (Å²) < 4.78 is 0. The molecule has 0 saturated heterocycles. The lowest BCUT2D eigenvalue weighted by molar-refractivity contribution is -0.114. The fourth-order valence-electron chi connectivity index (χ4n) is 0.437. The third-order valence-electron chi connectivity index (χ3n) is 0.736. The Morgan fingerprint density at radius 3 is 3.11 bits per heavy atom. The Hall–Kier alpha value is -0.900. The van der Waals surface area contributed by atoms with Crippen LogP contribution in [0.25, 0.3) is 0 Å². The maximum atomic E-state index is 10.2. The summed E-state index contributed by atoms with van der Waals surface area (Å²) in [6.07, 6.45) is 2.94. The number of nitrogens with two attached hydrogens (primary N) is 1. The normalized spacial score (nSPS) is 9.33. The fourth-order valence-corrected chi connectivity index (χ4v) is 0.986. The minimum absolute atomic E-state index is 0.431. The van der Waals surface area contributed by atoms with Crippen LogP contribution in [0.5, 0.6) is 0 Å². The van der Waals surface area contributed by atoms with E-state index in [0.29, 0.717) is 0 Å². The second kappa shape index (κ2) is 2.59. The van der Waals surface area contributed by atoms with Crippen LogP contribution in [0.15, 0.2) is 11.7 Å². The molecule has 0 aliphatic carbocycles. The summed E-state index contributed by atoms with van der Waals surface area (Å²) in [6.45, 7) is 0. The monoisotopic (exact) mass is 141 g/mol. The van der Waals surface area contributed by atoms with Crippen molar-refractivity contribution in [1.29, 1.82) is 0 Å². The average Bonchev–Trinajstić information content (AvgIpc) is 2.15. The lowest BCUT2D eigenvalue weighted by Crippen LogP contribution is -2.10. The van der Waals surface area contributed by atoms with Crippen molar-refractivity contribution in [2.45, 2.75) is 0 Å². The molecule has 0 atom stereocenters. The van der Waals surface area contributed by atoms with Crippen LogP contribution in [0.1, 0.15) is 4.88 Å². The van der Waals surface area contributed by atoms with Crippen molar-refractivity contribution in [1.82, 2.24) is 4.98 Å². The molecule has 47 valence electrons. The minimum atomic E-state index is -0.431. The highest BCUT2D eigenvalue weighted by molar-refractivity contribution is 7.10. The second-order valence-electron chi connectivity index (χ2n) is 1.45. The first-order chi connectivity index (χ1) is 4.29. The largest absolute Gasteiger partial charge is 0.369 e. The molecule has 0 saturated carbocycles. The van der Waals surface area contributed by atoms with Gasteiger partial charge in [0, 0.05) is 11.1 Å². The summed E-state index contributed by atoms with van der Waals surface area (Å²) in [4.78, 5) is 14.8. The van der Waals surface area contributed by atoms with Crippen molar-refractivity contribution < 1.29 is 4.79 Å². The summed E-state index contributed by atoms with van der Waals surface area (Å²) in [5, 5.41) is 0. The quantitative estimate of drug-likeness (QED) is 0.638. The molecule has 0 unspecified atom stereocenters. The fraction of sp³-hybridized carbons (Fsp3) is 0. The predicted octanol–water partition coefficient (Wildman–Crippen LogP) is 0.181. The van der Waals surface area contributed by atoms with Gasteiger partial charge in [-0.05, 0) is 0 Å². The van der Waals surface area contributed by atoms with Crippen LogP contribution in [0, 0.1) is 6.42 Å². The van der Waals surface area contributed by atoms with Crippen LogP contribution < -0.4 is 5.73 Å². The molecule has 0 aliphatic rings. The summed E-state index contributed by atoms with van der Waals surface area (Å²) in [7, 11) is 0. The maximum Gasteiger partial charge on any atom is 0.227 e. The van der Waals surface area contributed by atoms with Crippen molar-refractivity contribution in [3.63, 3.8) is 0 Å². The van der Waals surface area contributed by atoms with E-state index >= 15 is 0 Å². The van der Waals surface area contributed by atoms with Gasteiger partial charge in [0.15, 0.2) is 0 Å². The Bertz CT molecular complexity index is 195. The van der Waals surface area contributed by atoms with Gasteiger partial charge in [-0.1, -0.05) is 0 Å². The molecule has 2 N–H and O–H groups in total. The third-order valence-corrected chi connectivity index (χ3v) is 1.46. The van der Waals surface area contributed by atoms with Gasteiger partial charge in [-0.15, -0.1) is 11.3 Å². The SMILES string of the molecule is NC(=O)[CH]c1cncs1. The van der Waals surface area contributed by atoms with Gasteiger partial charge in [0.25, 0.3) is 0 Å². The summed E-state index contributed by atoms with van der Waals surface area (Å²) in [6, 6.07) is 0. The molecule has 1 amide bonds. The molecule has 1 aromatic rings. The van der Waals surface area contributed by atoms with Crippen molar-refractivity contribution in [2.24, 2.45) is 5.73 Å². The highest BCUT2D eigenvalue weighted by Gasteiger charge is 1.98. The van der Waals surface area contributed by atoms with Crippen LogP contribution in [0.4, 0.5) is 0 Å². The van der Waals surface area contributed by atoms with Crippen molar-refractivity contribution in [3.8, 4) is 0 Å². The van der Waals surface area contributed by atoms with Crippen molar-refractivity contribution in [2.75, 3.05) is 0 Å². The number of rotatable bonds is 2. The van der Waals surface area contributed by atoms with Crippen LogP contribution in [0.2, 0.25) is 0 Å². The molecule has 0 spiro atoms. The van der Waals surface area contributed by atoms with Gasteiger partial charge in [-0.25, -0.2) is 0 Å². The molecule has 1 heterocycles. The van der Waals surface area contributed by atoms with Crippen LogP contribution >= 0.6 is 11.3 Å². The first-order valence-electron chi connectivity index (χ1n) is 2.32. The molecule has 0 aliphatic heterocycles. The molecule has 1 aromatic heterocycles. The zero-order valence-corrected chi connectivity index (χ0v) is 5.39. The summed E-state index contributed by atoms with van der Waals surface area (Å²) >= 11 is 1.38. The molecule has 0 aromatic carbocycles. The summed E-state index contributed by atoms with van der Waals surface area (Å²) in [5.74, 6) is -0.431. The molecule has 1 rings (SSSR count). The lowest BCUT2D eigenvalue weighted by Gasteiger charge is -1.84. The van der Waals surface area contributed by atoms with Gasteiger partial charge in [0.2, 0.25) is 5.91 Å². The predicted molar refractivity (Wildman–Crippen MR) is 34.7 cm³/mol. The van der Waals surface area contributed by atoms with Gasteiger partial charge in [0.05, 0.1) is 11.9 Å². The number of hydrogen-bond acceptors (Lipinski definition) is 3. The number of thiazole rings is 1. The van der Waals surface area contributed by atoms with Gasteiger partial charge >= 0.3 is 0 Å². The van der Waals surface area contributed by atoms with E-state index in [1.807, 2.05) is 0 Å². The topological polar surface area (TPSA) is 56.0 Å². The molecular weight excluding hydrogens is 136 g/mol. The Balaban J connectivity index is 2.58. The molecule has 0 fully saturated rings. The highest BCUT2D eigenvalue weighted by atomic mass is 32.1. The number of amides is 1. The Morgan fingerprint density at radius 2 is 2.67 bits per heavy atom. The zero-order chi connectivity index (χ0) is 6.69. The molecule has 1 radical (unpaired) electrons. The highest BCUT2D eigenvalue weighted by Crippen LogP contribution is 2.06. The van der Waals surface area contributed by atoms with E-state index in [4.69, 9.17) is 5.73 Å². The number of nitrogens with zero attached hydrogens (tertiary/aromatic N) is 1. The standard InChI is InChI=1S/C5H5N2OS/c6-5(8)1-4-2-7-3-9-4/h1-3H,(H2,6,8). The lowest BCUT2D eigenvalue weighted by atomic mass is 10.4. The number of carbonyl (C=O) groups excluding carboxylic acids is 1. The van der Waals surface area contributed by atoms with E-state index in [0.717, 1.165) is 4.88 Å². The van der Waals surface area contributed by atoms with E-state index in [-0.39, 0.29) is 0 Å². The van der Waals surface area contributed by atoms with E-state index in [2.05, 4.69) is 4.98 Å². The van der Waals surface area contributed by atoms with Gasteiger partial charge < -0.3 is 5.73 Å².